The lowest BCUT2D eigenvalue weighted by Crippen LogP contribution is -2.63. The van der Waals surface area contributed by atoms with Gasteiger partial charge < -0.3 is 30.7 Å². The van der Waals surface area contributed by atoms with E-state index in [4.69, 9.17) is 9.47 Å². The summed E-state index contributed by atoms with van der Waals surface area (Å²) in [4.78, 5) is 127. The van der Waals surface area contributed by atoms with Gasteiger partial charge in [0, 0.05) is 76.2 Å². The molecule has 0 saturated heterocycles. The molecule has 2 unspecified atom stereocenters. The smallest absolute Gasteiger partial charge is 0.306 e. The van der Waals surface area contributed by atoms with Crippen LogP contribution in [0.3, 0.4) is 0 Å². The standard InChI is InChI=1S/C36H52N6O12/c1-35(2,3)53-29(49)13-7-19-37-33(51)31(39-23(43)11-9-21-41-25(45)15-16-26(41)46)32(34(52)38-20-8-14-30(50)54-36(4,5)6)40-24(44)12-10-22-42-27(47)17-18-28(42)48/h15-18,31-32H,7-14,19-22H2,1-6H3,(H,37,51)(H,38,52)(H,39,43)(H,40,44). The van der Waals surface area contributed by atoms with E-state index in [2.05, 4.69) is 21.3 Å². The summed E-state index contributed by atoms with van der Waals surface area (Å²) in [5, 5.41) is 10.1. The molecule has 2 aliphatic heterocycles. The lowest BCUT2D eigenvalue weighted by Gasteiger charge is -2.28. The van der Waals surface area contributed by atoms with Crippen LogP contribution in [0.5, 0.6) is 0 Å². The molecule has 0 saturated carbocycles. The van der Waals surface area contributed by atoms with E-state index >= 15 is 0 Å². The Morgan fingerprint density at radius 3 is 1.15 bits per heavy atom. The highest BCUT2D eigenvalue weighted by Crippen LogP contribution is 2.11. The second kappa shape index (κ2) is 20.7. The highest BCUT2D eigenvalue weighted by Gasteiger charge is 2.36. The minimum absolute atomic E-state index is 0.0197. The molecule has 0 spiro atoms. The van der Waals surface area contributed by atoms with Gasteiger partial charge in [-0.15, -0.1) is 0 Å². The van der Waals surface area contributed by atoms with E-state index in [-0.39, 0.29) is 77.5 Å². The fourth-order valence-corrected chi connectivity index (χ4v) is 5.08. The largest absolute Gasteiger partial charge is 0.460 e. The van der Waals surface area contributed by atoms with Crippen LogP contribution in [-0.2, 0) is 57.4 Å². The number of carbonyl (C=O) groups is 10. The fraction of sp³-hybridized carbons (Fsp3) is 0.611. The van der Waals surface area contributed by atoms with Gasteiger partial charge in [0.1, 0.15) is 23.3 Å². The van der Waals surface area contributed by atoms with E-state index in [9.17, 15) is 47.9 Å². The third kappa shape index (κ3) is 16.5. The van der Waals surface area contributed by atoms with Gasteiger partial charge in [0.05, 0.1) is 0 Å². The maximum Gasteiger partial charge on any atom is 0.306 e. The maximum atomic E-state index is 13.6. The summed E-state index contributed by atoms with van der Waals surface area (Å²) in [6, 6.07) is -3.40. The number of imide groups is 2. The van der Waals surface area contributed by atoms with Gasteiger partial charge in [0.15, 0.2) is 0 Å². The number of nitrogens with one attached hydrogen (secondary N) is 4. The Morgan fingerprint density at radius 2 is 0.852 bits per heavy atom. The predicted molar refractivity (Wildman–Crippen MR) is 190 cm³/mol. The summed E-state index contributed by atoms with van der Waals surface area (Å²) < 4.78 is 10.6. The van der Waals surface area contributed by atoms with Crippen molar-refractivity contribution in [1.82, 2.24) is 31.1 Å². The van der Waals surface area contributed by atoms with Gasteiger partial charge in [-0.3, -0.25) is 57.7 Å². The van der Waals surface area contributed by atoms with Crippen LogP contribution >= 0.6 is 0 Å². The fourth-order valence-electron chi connectivity index (χ4n) is 5.08. The van der Waals surface area contributed by atoms with E-state index < -0.39 is 82.5 Å². The highest BCUT2D eigenvalue weighted by atomic mass is 16.6. The molecule has 2 atom stereocenters. The Balaban J connectivity index is 2.21. The monoisotopic (exact) mass is 760 g/mol. The first-order valence-electron chi connectivity index (χ1n) is 17.8. The quantitative estimate of drug-likeness (QED) is 0.0678. The highest BCUT2D eigenvalue weighted by molar-refractivity contribution is 6.13. The van der Waals surface area contributed by atoms with E-state index in [1.165, 1.54) is 0 Å². The van der Waals surface area contributed by atoms with Crippen LogP contribution in [0, 0.1) is 0 Å². The molecule has 2 rings (SSSR count). The molecule has 0 aromatic carbocycles. The molecule has 18 nitrogen and oxygen atoms in total. The molecule has 0 aromatic heterocycles. The van der Waals surface area contributed by atoms with Crippen molar-refractivity contribution in [3.8, 4) is 0 Å². The molecular weight excluding hydrogens is 708 g/mol. The topological polar surface area (TPSA) is 244 Å². The van der Waals surface area contributed by atoms with Gasteiger partial charge in [-0.25, -0.2) is 0 Å². The van der Waals surface area contributed by atoms with Crippen molar-refractivity contribution in [1.29, 1.82) is 0 Å². The molecule has 0 aliphatic carbocycles. The molecule has 4 N–H and O–H groups in total. The summed E-state index contributed by atoms with van der Waals surface area (Å²) in [5.41, 5.74) is -1.44. The summed E-state index contributed by atoms with van der Waals surface area (Å²) >= 11 is 0. The first-order chi connectivity index (χ1) is 25.2. The minimum atomic E-state index is -1.70. The van der Waals surface area contributed by atoms with Crippen molar-refractivity contribution in [2.45, 2.75) is 116 Å². The Labute approximate surface area is 314 Å². The zero-order valence-corrected chi connectivity index (χ0v) is 31.7. The molecule has 0 fully saturated rings. The molecule has 0 aromatic rings. The Bertz CT molecular complexity index is 1380. The molecule has 298 valence electrons. The molecule has 18 heteroatoms. The molecular formula is C36H52N6O12. The zero-order valence-electron chi connectivity index (χ0n) is 31.7. The normalized spacial score (nSPS) is 15.2. The van der Waals surface area contributed by atoms with Gasteiger partial charge in [-0.1, -0.05) is 0 Å². The number of ether oxygens (including phenoxy) is 2. The van der Waals surface area contributed by atoms with Gasteiger partial charge in [0.25, 0.3) is 23.6 Å². The number of nitrogens with zero attached hydrogens (tertiary/aromatic N) is 2. The van der Waals surface area contributed by atoms with Crippen LogP contribution in [0.25, 0.3) is 0 Å². The lowest BCUT2D eigenvalue weighted by molar-refractivity contribution is -0.156. The molecule has 8 amide bonds. The summed E-state index contributed by atoms with van der Waals surface area (Å²) in [6.07, 6.45) is 4.08. The molecule has 0 bridgehead atoms. The molecule has 54 heavy (non-hydrogen) atoms. The van der Waals surface area contributed by atoms with Crippen LogP contribution in [0.1, 0.15) is 92.9 Å². The van der Waals surface area contributed by atoms with E-state index in [1.54, 1.807) is 41.5 Å². The third-order valence-corrected chi connectivity index (χ3v) is 7.46. The van der Waals surface area contributed by atoms with Crippen LogP contribution in [0.15, 0.2) is 24.3 Å². The Morgan fingerprint density at radius 1 is 0.537 bits per heavy atom. The van der Waals surface area contributed by atoms with E-state index in [0.717, 1.165) is 34.1 Å². The Hall–Kier alpha value is -5.42. The first-order valence-corrected chi connectivity index (χ1v) is 17.8. The number of esters is 2. The number of carbonyl (C=O) groups excluding carboxylic acids is 10. The van der Waals surface area contributed by atoms with Gasteiger partial charge >= 0.3 is 11.9 Å². The number of hydrogen-bond acceptors (Lipinski definition) is 12. The van der Waals surface area contributed by atoms with Crippen molar-refractivity contribution in [3.05, 3.63) is 24.3 Å². The van der Waals surface area contributed by atoms with Gasteiger partial charge in [-0.05, 0) is 67.2 Å². The summed E-state index contributed by atoms with van der Waals surface area (Å²) in [7, 11) is 0. The Kier molecular flexibility index (Phi) is 17.2. The van der Waals surface area contributed by atoms with Gasteiger partial charge in [0.2, 0.25) is 23.6 Å². The summed E-state index contributed by atoms with van der Waals surface area (Å²) in [6.45, 7) is 9.92. The number of hydrogen-bond donors (Lipinski definition) is 4. The first kappa shape index (κ1) is 44.7. The van der Waals surface area contributed by atoms with Crippen molar-refractivity contribution in [2.24, 2.45) is 0 Å². The molecule has 2 aliphatic rings. The second-order valence-electron chi connectivity index (χ2n) is 14.6. The molecule has 0 radical (unpaired) electrons. The van der Waals surface area contributed by atoms with Crippen LogP contribution in [0.2, 0.25) is 0 Å². The van der Waals surface area contributed by atoms with Crippen LogP contribution in [0.4, 0.5) is 0 Å². The average Bonchev–Trinajstić information content (AvgIpc) is 3.55. The maximum absolute atomic E-state index is 13.6. The van der Waals surface area contributed by atoms with Crippen molar-refractivity contribution < 1.29 is 57.4 Å². The van der Waals surface area contributed by atoms with E-state index in [1.807, 2.05) is 0 Å². The van der Waals surface area contributed by atoms with E-state index in [0.29, 0.717) is 0 Å². The minimum Gasteiger partial charge on any atom is -0.460 e. The lowest BCUT2D eigenvalue weighted by atomic mass is 10.0. The average molecular weight is 761 g/mol. The van der Waals surface area contributed by atoms with Crippen LogP contribution < -0.4 is 21.3 Å². The summed E-state index contributed by atoms with van der Waals surface area (Å²) in [5.74, 6) is -6.40. The van der Waals surface area contributed by atoms with Crippen LogP contribution in [-0.4, -0.2) is 118 Å². The second-order valence-corrected chi connectivity index (χ2v) is 14.6. The van der Waals surface area contributed by atoms with Gasteiger partial charge in [-0.2, -0.15) is 0 Å². The zero-order chi connectivity index (χ0) is 40.6. The van der Waals surface area contributed by atoms with Crippen molar-refractivity contribution >= 4 is 59.2 Å². The SMILES string of the molecule is CC(C)(C)OC(=O)CCCNC(=O)C(NC(=O)CCCN1C(=O)C=CC1=O)C(NC(=O)CCCN1C(=O)C=CC1=O)C(=O)NCCCC(=O)OC(C)(C)C. The number of amides is 8. The van der Waals surface area contributed by atoms with Crippen molar-refractivity contribution in [3.63, 3.8) is 0 Å². The third-order valence-electron chi connectivity index (χ3n) is 7.46. The van der Waals surface area contributed by atoms with Crippen molar-refractivity contribution in [2.75, 3.05) is 26.2 Å². The molecule has 2 heterocycles. The predicted octanol–water partition coefficient (Wildman–Crippen LogP) is -0.157. The number of rotatable bonds is 21.